The first-order valence-corrected chi connectivity index (χ1v) is 5.89. The average molecular weight is 213 g/mol. The summed E-state index contributed by atoms with van der Waals surface area (Å²) in [6, 6.07) is 0. The molecule has 0 saturated carbocycles. The molecule has 88 valence electrons. The summed E-state index contributed by atoms with van der Waals surface area (Å²) in [5.41, 5.74) is -0.610. The molecule has 1 unspecified atom stereocenters. The first kappa shape index (κ1) is 12.7. The van der Waals surface area contributed by atoms with Gasteiger partial charge in [-0.15, -0.1) is 6.58 Å². The summed E-state index contributed by atoms with van der Waals surface area (Å²) in [5, 5.41) is 13.2. The number of nitrogens with one attached hydrogen (secondary N) is 1. The van der Waals surface area contributed by atoms with Crippen molar-refractivity contribution >= 4 is 0 Å². The van der Waals surface area contributed by atoms with Gasteiger partial charge in [0.15, 0.2) is 0 Å². The Hall–Kier alpha value is -0.380. The molecule has 0 aromatic rings. The quantitative estimate of drug-likeness (QED) is 0.474. The van der Waals surface area contributed by atoms with Gasteiger partial charge in [-0.1, -0.05) is 12.5 Å². The molecule has 1 aliphatic rings. The lowest BCUT2D eigenvalue weighted by Gasteiger charge is -2.20. The molecule has 3 nitrogen and oxygen atoms in total. The molecule has 0 radical (unpaired) electrons. The van der Waals surface area contributed by atoms with Gasteiger partial charge in [0, 0.05) is 19.6 Å². The molecule has 15 heavy (non-hydrogen) atoms. The Morgan fingerprint density at radius 1 is 1.40 bits per heavy atom. The maximum absolute atomic E-state index is 9.93. The zero-order valence-electron chi connectivity index (χ0n) is 9.50. The third-order valence-corrected chi connectivity index (χ3v) is 2.80. The van der Waals surface area contributed by atoms with Gasteiger partial charge < -0.3 is 15.2 Å². The number of aliphatic hydroxyl groups is 1. The molecule has 0 aromatic heterocycles. The van der Waals surface area contributed by atoms with Gasteiger partial charge in [0.1, 0.15) is 5.60 Å². The summed E-state index contributed by atoms with van der Waals surface area (Å²) >= 11 is 0. The van der Waals surface area contributed by atoms with Gasteiger partial charge >= 0.3 is 0 Å². The molecule has 3 heteroatoms. The van der Waals surface area contributed by atoms with Crippen LogP contribution in [-0.2, 0) is 4.74 Å². The van der Waals surface area contributed by atoms with Crippen LogP contribution in [0.25, 0.3) is 0 Å². The summed E-state index contributed by atoms with van der Waals surface area (Å²) in [6.07, 6.45) is 7.46. The minimum absolute atomic E-state index is 0.483. The summed E-state index contributed by atoms with van der Waals surface area (Å²) in [7, 11) is 0. The van der Waals surface area contributed by atoms with Crippen molar-refractivity contribution in [3.8, 4) is 0 Å². The highest BCUT2D eigenvalue weighted by atomic mass is 16.5. The molecule has 0 aromatic carbocycles. The van der Waals surface area contributed by atoms with Crippen LogP contribution in [0.1, 0.15) is 32.1 Å². The summed E-state index contributed by atoms with van der Waals surface area (Å²) in [5.74, 6) is 0. The largest absolute Gasteiger partial charge is 0.386 e. The smallest absolute Gasteiger partial charge is 0.102 e. The third-order valence-electron chi connectivity index (χ3n) is 2.80. The van der Waals surface area contributed by atoms with Crippen molar-refractivity contribution in [1.29, 1.82) is 0 Å². The van der Waals surface area contributed by atoms with Crippen molar-refractivity contribution in [3.05, 3.63) is 12.7 Å². The standard InChI is InChI=1S/C12H23NO2/c1-2-3-4-5-6-8-13-10-12(14)7-9-15-11-12/h2,13-14H,1,3-11H2. The Morgan fingerprint density at radius 3 is 2.93 bits per heavy atom. The lowest BCUT2D eigenvalue weighted by molar-refractivity contribution is 0.0272. The molecule has 0 spiro atoms. The van der Waals surface area contributed by atoms with E-state index in [1.54, 1.807) is 0 Å². The molecular formula is C12H23NO2. The van der Waals surface area contributed by atoms with Crippen LogP contribution in [0.5, 0.6) is 0 Å². The van der Waals surface area contributed by atoms with E-state index in [9.17, 15) is 5.11 Å². The molecule has 1 fully saturated rings. The molecule has 1 saturated heterocycles. The topological polar surface area (TPSA) is 41.5 Å². The molecule has 2 N–H and O–H groups in total. The van der Waals surface area contributed by atoms with E-state index in [2.05, 4.69) is 11.9 Å². The second kappa shape index (κ2) is 6.99. The number of unbranched alkanes of at least 4 members (excludes halogenated alkanes) is 3. The van der Waals surface area contributed by atoms with Crippen LogP contribution in [0.15, 0.2) is 12.7 Å². The molecule has 1 heterocycles. The molecule has 0 aliphatic carbocycles. The fourth-order valence-corrected chi connectivity index (χ4v) is 1.77. The lowest BCUT2D eigenvalue weighted by atomic mass is 10.0. The van der Waals surface area contributed by atoms with Gasteiger partial charge in [-0.25, -0.2) is 0 Å². The second-order valence-electron chi connectivity index (χ2n) is 4.34. The normalized spacial score (nSPS) is 25.7. The monoisotopic (exact) mass is 213 g/mol. The van der Waals surface area contributed by atoms with Crippen LogP contribution in [0, 0.1) is 0 Å². The van der Waals surface area contributed by atoms with E-state index in [4.69, 9.17) is 4.74 Å². The van der Waals surface area contributed by atoms with Gasteiger partial charge in [-0.3, -0.25) is 0 Å². The Labute approximate surface area is 92.5 Å². The minimum atomic E-state index is -0.610. The van der Waals surface area contributed by atoms with Crippen molar-refractivity contribution in [2.45, 2.75) is 37.7 Å². The highest BCUT2D eigenvalue weighted by Gasteiger charge is 2.31. The molecule has 1 aliphatic heterocycles. The zero-order chi connectivity index (χ0) is 11.0. The number of rotatable bonds is 8. The maximum Gasteiger partial charge on any atom is 0.102 e. The summed E-state index contributed by atoms with van der Waals surface area (Å²) in [4.78, 5) is 0. The highest BCUT2D eigenvalue weighted by Crippen LogP contribution is 2.16. The van der Waals surface area contributed by atoms with E-state index in [1.807, 2.05) is 6.08 Å². The van der Waals surface area contributed by atoms with E-state index in [-0.39, 0.29) is 0 Å². The average Bonchev–Trinajstić information content (AvgIpc) is 2.64. The van der Waals surface area contributed by atoms with Crippen molar-refractivity contribution in [3.63, 3.8) is 0 Å². The van der Waals surface area contributed by atoms with Gasteiger partial charge in [-0.2, -0.15) is 0 Å². The Balaban J connectivity index is 1.90. The lowest BCUT2D eigenvalue weighted by Crippen LogP contribution is -2.41. The van der Waals surface area contributed by atoms with Crippen LogP contribution < -0.4 is 5.32 Å². The summed E-state index contributed by atoms with van der Waals surface area (Å²) < 4.78 is 5.17. The van der Waals surface area contributed by atoms with Crippen LogP contribution in [0.4, 0.5) is 0 Å². The maximum atomic E-state index is 9.93. The number of allylic oxidation sites excluding steroid dienone is 1. The van der Waals surface area contributed by atoms with Crippen LogP contribution in [0.2, 0.25) is 0 Å². The van der Waals surface area contributed by atoms with E-state index in [0.717, 1.165) is 19.4 Å². The Bertz CT molecular complexity index is 176. The van der Waals surface area contributed by atoms with Crippen LogP contribution in [-0.4, -0.2) is 37.0 Å². The molecule has 0 amide bonds. The second-order valence-corrected chi connectivity index (χ2v) is 4.34. The van der Waals surface area contributed by atoms with Crippen molar-refractivity contribution in [2.24, 2.45) is 0 Å². The van der Waals surface area contributed by atoms with Crippen molar-refractivity contribution in [2.75, 3.05) is 26.3 Å². The third kappa shape index (κ3) is 5.30. The first-order chi connectivity index (χ1) is 7.27. The highest BCUT2D eigenvalue weighted by molar-refractivity contribution is 4.84. The summed E-state index contributed by atoms with van der Waals surface area (Å²) in [6.45, 7) is 6.51. The first-order valence-electron chi connectivity index (χ1n) is 5.89. The number of hydrogen-bond acceptors (Lipinski definition) is 3. The van der Waals surface area contributed by atoms with Gasteiger partial charge in [0.05, 0.1) is 6.61 Å². The van der Waals surface area contributed by atoms with Crippen LogP contribution in [0.3, 0.4) is 0 Å². The zero-order valence-corrected chi connectivity index (χ0v) is 9.50. The molecule has 1 rings (SSSR count). The van der Waals surface area contributed by atoms with Gasteiger partial charge in [0.2, 0.25) is 0 Å². The Morgan fingerprint density at radius 2 is 2.27 bits per heavy atom. The van der Waals surface area contributed by atoms with E-state index in [1.165, 1.54) is 19.3 Å². The van der Waals surface area contributed by atoms with E-state index < -0.39 is 5.60 Å². The minimum Gasteiger partial charge on any atom is -0.386 e. The predicted molar refractivity (Wildman–Crippen MR) is 61.9 cm³/mol. The fourth-order valence-electron chi connectivity index (χ4n) is 1.77. The SMILES string of the molecule is C=CCCCCCNCC1(O)CCOC1. The molecule has 1 atom stereocenters. The van der Waals surface area contributed by atoms with Crippen molar-refractivity contribution < 1.29 is 9.84 Å². The predicted octanol–water partition coefficient (Wildman–Crippen LogP) is 1.47. The van der Waals surface area contributed by atoms with Crippen molar-refractivity contribution in [1.82, 2.24) is 5.32 Å². The van der Waals surface area contributed by atoms with Crippen LogP contribution >= 0.6 is 0 Å². The molecular weight excluding hydrogens is 190 g/mol. The Kier molecular flexibility index (Phi) is 5.91. The number of ether oxygens (including phenoxy) is 1. The molecule has 0 bridgehead atoms. The fraction of sp³-hybridized carbons (Fsp3) is 0.833. The van der Waals surface area contributed by atoms with E-state index >= 15 is 0 Å². The van der Waals surface area contributed by atoms with Gasteiger partial charge in [-0.05, 0) is 25.8 Å². The number of hydrogen-bond donors (Lipinski definition) is 2. The van der Waals surface area contributed by atoms with Gasteiger partial charge in [0.25, 0.3) is 0 Å². The van der Waals surface area contributed by atoms with E-state index in [0.29, 0.717) is 19.8 Å².